The van der Waals surface area contributed by atoms with Crippen LogP contribution in [0.1, 0.15) is 30.0 Å². The summed E-state index contributed by atoms with van der Waals surface area (Å²) in [4.78, 5) is 0. The standard InChI is InChI=1S/C14H19NO2/c16-12-2-3-13-11(7-12)1-4-14(13)15-8-10-5-6-17-9-10/h2-3,7,10,14-16H,1,4-6,8-9H2. The maximum atomic E-state index is 9.45. The predicted molar refractivity (Wildman–Crippen MR) is 66.1 cm³/mol. The maximum Gasteiger partial charge on any atom is 0.115 e. The molecule has 1 aliphatic heterocycles. The third-order valence-electron chi connectivity index (χ3n) is 3.88. The van der Waals surface area contributed by atoms with Crippen LogP contribution in [0.2, 0.25) is 0 Å². The van der Waals surface area contributed by atoms with Crippen molar-refractivity contribution in [3.05, 3.63) is 29.3 Å². The molecular weight excluding hydrogens is 214 g/mol. The number of hydrogen-bond donors (Lipinski definition) is 2. The fourth-order valence-electron chi connectivity index (χ4n) is 2.87. The van der Waals surface area contributed by atoms with Crippen molar-refractivity contribution >= 4 is 0 Å². The molecule has 0 bridgehead atoms. The maximum absolute atomic E-state index is 9.45. The molecule has 2 atom stereocenters. The second-order valence-corrected chi connectivity index (χ2v) is 5.11. The van der Waals surface area contributed by atoms with Gasteiger partial charge in [-0.05, 0) is 48.4 Å². The first kappa shape index (κ1) is 11.1. The number of rotatable bonds is 3. The van der Waals surface area contributed by atoms with Crippen LogP contribution < -0.4 is 5.32 Å². The van der Waals surface area contributed by atoms with Crippen molar-refractivity contribution in [2.24, 2.45) is 5.92 Å². The molecule has 0 aromatic heterocycles. The van der Waals surface area contributed by atoms with E-state index in [-0.39, 0.29) is 0 Å². The fourth-order valence-corrected chi connectivity index (χ4v) is 2.87. The Kier molecular flexibility index (Phi) is 3.04. The van der Waals surface area contributed by atoms with E-state index in [1.165, 1.54) is 17.5 Å². The molecule has 92 valence electrons. The fraction of sp³-hybridized carbons (Fsp3) is 0.571. The molecular formula is C14H19NO2. The molecule has 0 saturated carbocycles. The van der Waals surface area contributed by atoms with Crippen LogP contribution in [-0.2, 0) is 11.2 Å². The average molecular weight is 233 g/mol. The lowest BCUT2D eigenvalue weighted by Crippen LogP contribution is -2.26. The van der Waals surface area contributed by atoms with Gasteiger partial charge in [0.25, 0.3) is 0 Å². The van der Waals surface area contributed by atoms with Gasteiger partial charge in [-0.15, -0.1) is 0 Å². The van der Waals surface area contributed by atoms with Gasteiger partial charge in [0.15, 0.2) is 0 Å². The molecule has 0 spiro atoms. The van der Waals surface area contributed by atoms with Crippen LogP contribution in [0.15, 0.2) is 18.2 Å². The molecule has 2 aliphatic rings. The molecule has 1 heterocycles. The summed E-state index contributed by atoms with van der Waals surface area (Å²) in [5.74, 6) is 1.06. The van der Waals surface area contributed by atoms with E-state index in [1.807, 2.05) is 6.07 Å². The summed E-state index contributed by atoms with van der Waals surface area (Å²) < 4.78 is 5.38. The normalized spacial score (nSPS) is 27.3. The largest absolute Gasteiger partial charge is 0.508 e. The van der Waals surface area contributed by atoms with Crippen molar-refractivity contribution in [3.63, 3.8) is 0 Å². The number of benzene rings is 1. The van der Waals surface area contributed by atoms with Crippen LogP contribution in [0.4, 0.5) is 0 Å². The van der Waals surface area contributed by atoms with Crippen molar-refractivity contribution in [2.45, 2.75) is 25.3 Å². The molecule has 3 nitrogen and oxygen atoms in total. The molecule has 3 heteroatoms. The van der Waals surface area contributed by atoms with Gasteiger partial charge in [-0.2, -0.15) is 0 Å². The van der Waals surface area contributed by atoms with Gasteiger partial charge in [0.1, 0.15) is 5.75 Å². The number of ether oxygens (including phenoxy) is 1. The number of phenols is 1. The van der Waals surface area contributed by atoms with E-state index < -0.39 is 0 Å². The number of aromatic hydroxyl groups is 1. The van der Waals surface area contributed by atoms with Gasteiger partial charge >= 0.3 is 0 Å². The topological polar surface area (TPSA) is 41.5 Å². The lowest BCUT2D eigenvalue weighted by molar-refractivity contribution is 0.184. The molecule has 0 amide bonds. The molecule has 1 aromatic carbocycles. The summed E-state index contributed by atoms with van der Waals surface area (Å²) in [6.45, 7) is 2.87. The average Bonchev–Trinajstić information content (AvgIpc) is 2.94. The minimum Gasteiger partial charge on any atom is -0.508 e. The highest BCUT2D eigenvalue weighted by Gasteiger charge is 2.24. The van der Waals surface area contributed by atoms with Gasteiger partial charge < -0.3 is 15.2 Å². The minimum absolute atomic E-state index is 0.383. The summed E-state index contributed by atoms with van der Waals surface area (Å²) in [7, 11) is 0. The molecule has 1 aromatic rings. The zero-order valence-corrected chi connectivity index (χ0v) is 9.98. The number of fused-ring (bicyclic) bond motifs is 1. The van der Waals surface area contributed by atoms with Gasteiger partial charge in [0.05, 0.1) is 6.61 Å². The van der Waals surface area contributed by atoms with Gasteiger partial charge in [-0.1, -0.05) is 6.07 Å². The van der Waals surface area contributed by atoms with Gasteiger partial charge in [-0.3, -0.25) is 0 Å². The van der Waals surface area contributed by atoms with E-state index in [2.05, 4.69) is 11.4 Å². The van der Waals surface area contributed by atoms with Gasteiger partial charge in [0.2, 0.25) is 0 Å². The highest BCUT2D eigenvalue weighted by Crippen LogP contribution is 2.33. The summed E-state index contributed by atoms with van der Waals surface area (Å²) >= 11 is 0. The number of phenolic OH excluding ortho intramolecular Hbond substituents is 1. The Labute approximate surface area is 102 Å². The third kappa shape index (κ3) is 2.31. The first-order chi connectivity index (χ1) is 8.33. The summed E-state index contributed by atoms with van der Waals surface area (Å²) in [5, 5.41) is 13.1. The number of nitrogens with one attached hydrogen (secondary N) is 1. The van der Waals surface area contributed by atoms with Crippen LogP contribution in [0.25, 0.3) is 0 Å². The van der Waals surface area contributed by atoms with Gasteiger partial charge in [0, 0.05) is 19.2 Å². The van der Waals surface area contributed by atoms with Crippen LogP contribution in [0.5, 0.6) is 5.75 Å². The Morgan fingerprint density at radius 2 is 2.29 bits per heavy atom. The van der Waals surface area contributed by atoms with E-state index in [4.69, 9.17) is 4.74 Å². The molecule has 3 rings (SSSR count). The first-order valence-corrected chi connectivity index (χ1v) is 6.46. The summed E-state index contributed by atoms with van der Waals surface area (Å²) in [6.07, 6.45) is 3.40. The Balaban J connectivity index is 1.63. The SMILES string of the molecule is Oc1ccc2c(c1)CCC2NCC1CCOC1. The van der Waals surface area contributed by atoms with E-state index >= 15 is 0 Å². The lowest BCUT2D eigenvalue weighted by Gasteiger charge is -2.16. The smallest absolute Gasteiger partial charge is 0.115 e. The first-order valence-electron chi connectivity index (χ1n) is 6.46. The van der Waals surface area contributed by atoms with E-state index in [0.29, 0.717) is 17.7 Å². The molecule has 0 radical (unpaired) electrons. The van der Waals surface area contributed by atoms with Crippen molar-refractivity contribution < 1.29 is 9.84 Å². The van der Waals surface area contributed by atoms with E-state index in [0.717, 1.165) is 32.6 Å². The second kappa shape index (κ2) is 4.67. The third-order valence-corrected chi connectivity index (χ3v) is 3.88. The van der Waals surface area contributed by atoms with Crippen LogP contribution >= 0.6 is 0 Å². The Bertz CT molecular complexity index is 399. The quantitative estimate of drug-likeness (QED) is 0.839. The van der Waals surface area contributed by atoms with E-state index in [1.54, 1.807) is 6.07 Å². The van der Waals surface area contributed by atoms with Crippen molar-refractivity contribution in [2.75, 3.05) is 19.8 Å². The lowest BCUT2D eigenvalue weighted by atomic mass is 10.1. The Hall–Kier alpha value is -1.06. The Morgan fingerprint density at radius 3 is 3.12 bits per heavy atom. The highest BCUT2D eigenvalue weighted by molar-refractivity contribution is 5.39. The number of hydrogen-bond acceptors (Lipinski definition) is 3. The second-order valence-electron chi connectivity index (χ2n) is 5.11. The molecule has 17 heavy (non-hydrogen) atoms. The van der Waals surface area contributed by atoms with Crippen LogP contribution in [0, 0.1) is 5.92 Å². The van der Waals surface area contributed by atoms with Crippen LogP contribution in [-0.4, -0.2) is 24.9 Å². The Morgan fingerprint density at radius 1 is 1.35 bits per heavy atom. The molecule has 2 N–H and O–H groups in total. The molecule has 1 aliphatic carbocycles. The highest BCUT2D eigenvalue weighted by atomic mass is 16.5. The van der Waals surface area contributed by atoms with Crippen molar-refractivity contribution in [1.82, 2.24) is 5.32 Å². The predicted octanol–water partition coefficient (Wildman–Crippen LogP) is 2.01. The number of aryl methyl sites for hydroxylation is 1. The van der Waals surface area contributed by atoms with Crippen molar-refractivity contribution in [1.29, 1.82) is 0 Å². The van der Waals surface area contributed by atoms with Crippen molar-refractivity contribution in [3.8, 4) is 5.75 Å². The van der Waals surface area contributed by atoms with Crippen LogP contribution in [0.3, 0.4) is 0 Å². The molecule has 1 fully saturated rings. The minimum atomic E-state index is 0.383. The summed E-state index contributed by atoms with van der Waals surface area (Å²) in [5.41, 5.74) is 2.66. The zero-order chi connectivity index (χ0) is 11.7. The zero-order valence-electron chi connectivity index (χ0n) is 9.98. The molecule has 1 saturated heterocycles. The summed E-state index contributed by atoms with van der Waals surface area (Å²) in [6, 6.07) is 6.21. The monoisotopic (exact) mass is 233 g/mol. The molecule has 2 unspecified atom stereocenters. The van der Waals surface area contributed by atoms with Gasteiger partial charge in [-0.25, -0.2) is 0 Å². The van der Waals surface area contributed by atoms with E-state index in [9.17, 15) is 5.11 Å².